The van der Waals surface area contributed by atoms with Crippen LogP contribution in [0.2, 0.25) is 0 Å². The molecule has 1 aromatic carbocycles. The van der Waals surface area contributed by atoms with Gasteiger partial charge in [0.15, 0.2) is 5.58 Å². The number of oxazole rings is 1. The molecule has 6 heteroatoms. The van der Waals surface area contributed by atoms with Gasteiger partial charge in [-0.1, -0.05) is 12.1 Å². The Kier molecular flexibility index (Phi) is 3.31. The Morgan fingerprint density at radius 1 is 1.13 bits per heavy atom. The molecule has 0 amide bonds. The van der Waals surface area contributed by atoms with Crippen molar-refractivity contribution in [3.8, 4) is 10.6 Å². The number of aryl methyl sites for hydroxylation is 1. The summed E-state index contributed by atoms with van der Waals surface area (Å²) < 4.78 is 7.05. The van der Waals surface area contributed by atoms with Crippen molar-refractivity contribution < 1.29 is 4.42 Å². The number of thiophene rings is 1. The van der Waals surface area contributed by atoms with Crippen molar-refractivity contribution in [3.63, 3.8) is 0 Å². The molecule has 0 unspecified atom stereocenters. The Balaban J connectivity index is 1.72. The summed E-state index contributed by atoms with van der Waals surface area (Å²) in [6.07, 6.45) is 0. The van der Waals surface area contributed by atoms with Gasteiger partial charge in [0.05, 0.1) is 4.88 Å². The Labute approximate surface area is 135 Å². The van der Waals surface area contributed by atoms with Gasteiger partial charge in [-0.2, -0.15) is 5.10 Å². The van der Waals surface area contributed by atoms with Crippen LogP contribution >= 0.6 is 11.3 Å². The number of benzene rings is 1. The predicted octanol–water partition coefficient (Wildman–Crippen LogP) is 3.47. The Morgan fingerprint density at radius 3 is 2.78 bits per heavy atom. The fourth-order valence-corrected chi connectivity index (χ4v) is 3.21. The van der Waals surface area contributed by atoms with Gasteiger partial charge in [-0.05, 0) is 37.3 Å². The number of rotatable bonds is 3. The predicted molar refractivity (Wildman–Crippen MR) is 89.7 cm³/mol. The Bertz CT molecular complexity index is 1010. The fraction of sp³-hybridized carbons (Fsp3) is 0.118. The Morgan fingerprint density at radius 2 is 2.00 bits per heavy atom. The summed E-state index contributed by atoms with van der Waals surface area (Å²) in [7, 11) is 0. The molecule has 0 saturated carbocycles. The van der Waals surface area contributed by atoms with E-state index >= 15 is 0 Å². The largest absolute Gasteiger partial charge is 0.439 e. The highest BCUT2D eigenvalue weighted by molar-refractivity contribution is 7.15. The summed E-state index contributed by atoms with van der Waals surface area (Å²) >= 11 is 1.65. The van der Waals surface area contributed by atoms with Gasteiger partial charge in [-0.15, -0.1) is 11.3 Å². The molecule has 0 bridgehead atoms. The molecule has 0 spiro atoms. The van der Waals surface area contributed by atoms with Gasteiger partial charge in [-0.3, -0.25) is 4.79 Å². The summed E-state index contributed by atoms with van der Waals surface area (Å²) in [6.45, 7) is 2.26. The van der Waals surface area contributed by atoms with Crippen LogP contribution in [-0.4, -0.2) is 14.8 Å². The molecule has 4 rings (SSSR count). The first-order valence-electron chi connectivity index (χ1n) is 7.18. The van der Waals surface area contributed by atoms with E-state index in [1.807, 2.05) is 43.3 Å². The third-order valence-corrected chi connectivity index (χ3v) is 4.51. The van der Waals surface area contributed by atoms with E-state index in [1.165, 1.54) is 15.6 Å². The van der Waals surface area contributed by atoms with E-state index in [9.17, 15) is 4.79 Å². The van der Waals surface area contributed by atoms with E-state index in [-0.39, 0.29) is 12.1 Å². The molecule has 0 radical (unpaired) electrons. The average molecular weight is 323 g/mol. The van der Waals surface area contributed by atoms with Gasteiger partial charge >= 0.3 is 0 Å². The van der Waals surface area contributed by atoms with E-state index in [2.05, 4.69) is 10.1 Å². The number of nitrogens with zero attached hydrogens (tertiary/aromatic N) is 3. The molecule has 0 aliphatic carbocycles. The molecular formula is C17H13N3O2S. The van der Waals surface area contributed by atoms with E-state index < -0.39 is 0 Å². The number of hydrogen-bond donors (Lipinski definition) is 0. The highest BCUT2D eigenvalue weighted by atomic mass is 32.1. The van der Waals surface area contributed by atoms with Crippen LogP contribution in [0.25, 0.3) is 21.7 Å². The summed E-state index contributed by atoms with van der Waals surface area (Å²) in [5, 5.41) is 4.44. The van der Waals surface area contributed by atoms with Crippen LogP contribution in [0.3, 0.4) is 0 Å². The molecular weight excluding hydrogens is 310 g/mol. The highest BCUT2D eigenvalue weighted by Gasteiger charge is 2.10. The molecule has 0 fully saturated rings. The molecule has 0 N–H and O–H groups in total. The lowest BCUT2D eigenvalue weighted by molar-refractivity contribution is 0.482. The minimum absolute atomic E-state index is 0.177. The average Bonchev–Trinajstić information content (AvgIpc) is 3.15. The second-order valence-electron chi connectivity index (χ2n) is 5.20. The molecule has 0 aliphatic heterocycles. The van der Waals surface area contributed by atoms with Crippen molar-refractivity contribution in [1.29, 1.82) is 0 Å². The van der Waals surface area contributed by atoms with Gasteiger partial charge in [-0.25, -0.2) is 9.67 Å². The SMILES string of the molecule is Cc1ccc(-c2ccc(=O)n(Cc3nc4ccccc4o3)n2)s1. The van der Waals surface area contributed by atoms with Crippen molar-refractivity contribution >= 4 is 22.4 Å². The van der Waals surface area contributed by atoms with Gasteiger partial charge < -0.3 is 4.42 Å². The summed E-state index contributed by atoms with van der Waals surface area (Å²) in [6, 6.07) is 14.8. The van der Waals surface area contributed by atoms with Crippen molar-refractivity contribution in [2.45, 2.75) is 13.5 Å². The smallest absolute Gasteiger partial charge is 0.267 e. The van der Waals surface area contributed by atoms with Crippen LogP contribution in [0.4, 0.5) is 0 Å². The van der Waals surface area contributed by atoms with Crippen LogP contribution in [0, 0.1) is 6.92 Å². The lowest BCUT2D eigenvalue weighted by Crippen LogP contribution is -2.22. The van der Waals surface area contributed by atoms with E-state index in [1.54, 1.807) is 17.4 Å². The number of hydrogen-bond acceptors (Lipinski definition) is 5. The van der Waals surface area contributed by atoms with E-state index in [4.69, 9.17) is 4.42 Å². The standard InChI is InChI=1S/C17H13N3O2S/c1-11-6-8-15(23-11)13-7-9-17(21)20(19-13)10-16-18-12-4-2-3-5-14(12)22-16/h2-9H,10H2,1H3. The van der Waals surface area contributed by atoms with E-state index in [0.29, 0.717) is 11.5 Å². The first kappa shape index (κ1) is 13.9. The summed E-state index contributed by atoms with van der Waals surface area (Å²) in [5.41, 5.74) is 2.09. The maximum absolute atomic E-state index is 12.1. The number of fused-ring (bicyclic) bond motifs is 1. The number of aromatic nitrogens is 3. The van der Waals surface area contributed by atoms with Crippen LogP contribution in [0.1, 0.15) is 10.8 Å². The minimum Gasteiger partial charge on any atom is -0.439 e. The zero-order valence-electron chi connectivity index (χ0n) is 12.4. The molecule has 0 atom stereocenters. The topological polar surface area (TPSA) is 60.9 Å². The maximum atomic E-state index is 12.1. The molecule has 0 aliphatic rings. The van der Waals surface area contributed by atoms with Crippen LogP contribution in [-0.2, 0) is 6.54 Å². The number of para-hydroxylation sites is 2. The van der Waals surface area contributed by atoms with Crippen LogP contribution in [0.5, 0.6) is 0 Å². The second-order valence-corrected chi connectivity index (χ2v) is 6.49. The van der Waals surface area contributed by atoms with Crippen molar-refractivity contribution in [2.75, 3.05) is 0 Å². The molecule has 0 saturated heterocycles. The zero-order chi connectivity index (χ0) is 15.8. The monoisotopic (exact) mass is 323 g/mol. The Hall–Kier alpha value is -2.73. The van der Waals surface area contributed by atoms with Crippen molar-refractivity contribution in [1.82, 2.24) is 14.8 Å². The van der Waals surface area contributed by atoms with E-state index in [0.717, 1.165) is 16.1 Å². The normalized spacial score (nSPS) is 11.2. The molecule has 3 heterocycles. The third kappa shape index (κ3) is 2.68. The molecule has 3 aromatic heterocycles. The van der Waals surface area contributed by atoms with Crippen molar-refractivity contribution in [3.05, 3.63) is 69.7 Å². The van der Waals surface area contributed by atoms with Crippen molar-refractivity contribution in [2.24, 2.45) is 0 Å². The summed E-state index contributed by atoms with van der Waals surface area (Å²) in [5.74, 6) is 0.473. The fourth-order valence-electron chi connectivity index (χ4n) is 2.38. The van der Waals surface area contributed by atoms with Gasteiger partial charge in [0.1, 0.15) is 17.8 Å². The quantitative estimate of drug-likeness (QED) is 0.579. The second kappa shape index (κ2) is 5.48. The molecule has 5 nitrogen and oxygen atoms in total. The lowest BCUT2D eigenvalue weighted by Gasteiger charge is -2.03. The van der Waals surface area contributed by atoms with Gasteiger partial charge in [0.2, 0.25) is 5.89 Å². The van der Waals surface area contributed by atoms with Gasteiger partial charge in [0, 0.05) is 10.9 Å². The molecule has 23 heavy (non-hydrogen) atoms. The molecule has 114 valence electrons. The first-order valence-corrected chi connectivity index (χ1v) is 8.00. The first-order chi connectivity index (χ1) is 11.2. The maximum Gasteiger partial charge on any atom is 0.267 e. The minimum atomic E-state index is -0.177. The van der Waals surface area contributed by atoms with Crippen LogP contribution < -0.4 is 5.56 Å². The zero-order valence-corrected chi connectivity index (χ0v) is 13.2. The lowest BCUT2D eigenvalue weighted by atomic mass is 10.3. The van der Waals surface area contributed by atoms with Crippen LogP contribution in [0.15, 0.2) is 57.7 Å². The molecule has 4 aromatic rings. The highest BCUT2D eigenvalue weighted by Crippen LogP contribution is 2.25. The van der Waals surface area contributed by atoms with Gasteiger partial charge in [0.25, 0.3) is 5.56 Å². The third-order valence-electron chi connectivity index (χ3n) is 3.48. The summed E-state index contributed by atoms with van der Waals surface area (Å²) in [4.78, 5) is 18.7.